The van der Waals surface area contributed by atoms with Crippen molar-refractivity contribution in [1.82, 2.24) is 9.55 Å². The van der Waals surface area contributed by atoms with Gasteiger partial charge < -0.3 is 14.2 Å². The van der Waals surface area contributed by atoms with E-state index in [2.05, 4.69) is 4.98 Å². The first-order chi connectivity index (χ1) is 15.6. The van der Waals surface area contributed by atoms with E-state index in [1.54, 1.807) is 20.0 Å². The number of piperidine rings is 1. The highest BCUT2D eigenvalue weighted by Crippen LogP contribution is 2.39. The lowest BCUT2D eigenvalue weighted by Crippen LogP contribution is -2.45. The largest absolute Gasteiger partial charge is 0.486 e. The first-order valence-corrected chi connectivity index (χ1v) is 10.3. The van der Waals surface area contributed by atoms with Crippen LogP contribution >= 0.6 is 0 Å². The summed E-state index contributed by atoms with van der Waals surface area (Å²) in [5.74, 6) is -2.14. The SMILES string of the molecule is C[C@@H]1CN(c2cc(=O)n(C)c3ccc(C#N)nc23)CC[C@H]1Oc1c(F)cccc1C(F)(F)F. The van der Waals surface area contributed by atoms with Crippen LogP contribution in [0.1, 0.15) is 24.6 Å². The number of hydrogen-bond donors (Lipinski definition) is 0. The van der Waals surface area contributed by atoms with Gasteiger partial charge >= 0.3 is 6.18 Å². The van der Waals surface area contributed by atoms with Crippen LogP contribution < -0.4 is 15.2 Å². The highest BCUT2D eigenvalue weighted by Gasteiger charge is 2.38. The summed E-state index contributed by atoms with van der Waals surface area (Å²) < 4.78 is 61.2. The number of halogens is 4. The van der Waals surface area contributed by atoms with E-state index >= 15 is 0 Å². The average Bonchev–Trinajstić information content (AvgIpc) is 2.77. The molecule has 1 fully saturated rings. The normalized spacial score (nSPS) is 18.9. The molecule has 1 aliphatic heterocycles. The molecule has 33 heavy (non-hydrogen) atoms. The fourth-order valence-corrected chi connectivity index (χ4v) is 4.14. The number of rotatable bonds is 3. The third-order valence-corrected chi connectivity index (χ3v) is 5.89. The van der Waals surface area contributed by atoms with Crippen LogP contribution in [-0.4, -0.2) is 28.7 Å². The van der Waals surface area contributed by atoms with Gasteiger partial charge in [0.05, 0.1) is 11.2 Å². The standard InChI is InChI=1S/C23H20F4N4O2/c1-13-12-31(18-10-20(32)30(2)17-7-6-14(11-28)29-21(17)18)9-8-19(13)33-22-15(23(25,26)27)4-3-5-16(22)24/h3-7,10,13,19H,8-9,12H2,1-2H3/t13-,19-/m1/s1. The molecule has 0 amide bonds. The molecule has 0 spiro atoms. The van der Waals surface area contributed by atoms with Crippen LogP contribution in [0.2, 0.25) is 0 Å². The van der Waals surface area contributed by atoms with Gasteiger partial charge in [-0.3, -0.25) is 4.79 Å². The molecule has 0 N–H and O–H groups in total. The van der Waals surface area contributed by atoms with Crippen LogP contribution in [0.25, 0.3) is 11.0 Å². The first-order valence-electron chi connectivity index (χ1n) is 10.3. The van der Waals surface area contributed by atoms with Crippen LogP contribution in [0.3, 0.4) is 0 Å². The van der Waals surface area contributed by atoms with E-state index in [9.17, 15) is 27.6 Å². The van der Waals surface area contributed by atoms with Crippen LogP contribution in [0.5, 0.6) is 5.75 Å². The number of anilines is 1. The zero-order valence-electron chi connectivity index (χ0n) is 17.9. The molecule has 10 heteroatoms. The number of aryl methyl sites for hydroxylation is 1. The number of alkyl halides is 3. The molecule has 172 valence electrons. The third kappa shape index (κ3) is 4.23. The monoisotopic (exact) mass is 460 g/mol. The van der Waals surface area contributed by atoms with Gasteiger partial charge in [0.25, 0.3) is 5.56 Å². The third-order valence-electron chi connectivity index (χ3n) is 5.89. The van der Waals surface area contributed by atoms with E-state index < -0.39 is 29.4 Å². The van der Waals surface area contributed by atoms with Crippen LogP contribution in [0.15, 0.2) is 41.2 Å². The molecule has 1 aromatic carbocycles. The molecule has 3 aromatic rings. The Kier molecular flexibility index (Phi) is 5.74. The summed E-state index contributed by atoms with van der Waals surface area (Å²) in [6.45, 7) is 2.50. The van der Waals surface area contributed by atoms with Crippen molar-refractivity contribution in [3.63, 3.8) is 0 Å². The Morgan fingerprint density at radius 2 is 2.00 bits per heavy atom. The van der Waals surface area contributed by atoms with Gasteiger partial charge in [0.2, 0.25) is 0 Å². The van der Waals surface area contributed by atoms with Crippen molar-refractivity contribution in [3.05, 3.63) is 63.8 Å². The molecule has 0 unspecified atom stereocenters. The molecule has 1 aliphatic rings. The highest BCUT2D eigenvalue weighted by molar-refractivity contribution is 5.88. The minimum absolute atomic E-state index is 0.202. The number of pyridine rings is 2. The molecular formula is C23H20F4N4O2. The van der Waals surface area contributed by atoms with Gasteiger partial charge in [-0.2, -0.15) is 18.4 Å². The fraction of sp³-hybridized carbons (Fsp3) is 0.348. The fourth-order valence-electron chi connectivity index (χ4n) is 4.14. The second-order valence-electron chi connectivity index (χ2n) is 8.09. The van der Waals surface area contributed by atoms with E-state index in [1.165, 1.54) is 16.7 Å². The second-order valence-corrected chi connectivity index (χ2v) is 8.09. The van der Waals surface area contributed by atoms with E-state index in [0.29, 0.717) is 36.2 Å². The van der Waals surface area contributed by atoms with Crippen molar-refractivity contribution in [1.29, 1.82) is 5.26 Å². The minimum Gasteiger partial charge on any atom is -0.486 e. The van der Waals surface area contributed by atoms with Gasteiger partial charge in [-0.15, -0.1) is 0 Å². The smallest absolute Gasteiger partial charge is 0.420 e. The van der Waals surface area contributed by atoms with E-state index in [-0.39, 0.29) is 17.2 Å². The predicted molar refractivity (Wildman–Crippen MR) is 114 cm³/mol. The van der Waals surface area contributed by atoms with Crippen LogP contribution in [0, 0.1) is 23.1 Å². The zero-order chi connectivity index (χ0) is 23.9. The number of fused-ring (bicyclic) bond motifs is 1. The number of benzene rings is 1. The van der Waals surface area contributed by atoms with E-state index in [4.69, 9.17) is 4.74 Å². The first kappa shape index (κ1) is 22.6. The summed E-state index contributed by atoms with van der Waals surface area (Å²) in [4.78, 5) is 18.7. The van der Waals surface area contributed by atoms with Crippen LogP contribution in [0.4, 0.5) is 23.2 Å². The lowest BCUT2D eigenvalue weighted by atomic mass is 9.95. The van der Waals surface area contributed by atoms with Gasteiger partial charge in [0, 0.05) is 38.5 Å². The summed E-state index contributed by atoms with van der Waals surface area (Å²) in [5.41, 5.74) is 0.379. The van der Waals surface area contributed by atoms with Crippen LogP contribution in [-0.2, 0) is 13.2 Å². The molecule has 2 aromatic heterocycles. The number of ether oxygens (including phenoxy) is 1. The molecule has 0 radical (unpaired) electrons. The van der Waals surface area contributed by atoms with Crippen molar-refractivity contribution in [3.8, 4) is 11.8 Å². The Bertz CT molecular complexity index is 1310. The van der Waals surface area contributed by atoms with Crippen molar-refractivity contribution in [2.75, 3.05) is 18.0 Å². The molecule has 6 nitrogen and oxygen atoms in total. The van der Waals surface area contributed by atoms with E-state index in [0.717, 1.165) is 18.2 Å². The van der Waals surface area contributed by atoms with Crippen molar-refractivity contribution < 1.29 is 22.3 Å². The minimum atomic E-state index is -4.74. The summed E-state index contributed by atoms with van der Waals surface area (Å²) >= 11 is 0. The van der Waals surface area contributed by atoms with Crippen molar-refractivity contribution >= 4 is 16.7 Å². The Morgan fingerprint density at radius 1 is 1.24 bits per heavy atom. The Balaban J connectivity index is 1.63. The quantitative estimate of drug-likeness (QED) is 0.547. The molecule has 2 atom stereocenters. The lowest BCUT2D eigenvalue weighted by Gasteiger charge is -2.38. The molecule has 1 saturated heterocycles. The number of hydrogen-bond acceptors (Lipinski definition) is 5. The van der Waals surface area contributed by atoms with Gasteiger partial charge in [0.1, 0.15) is 28.9 Å². The number of nitriles is 1. The number of aromatic nitrogens is 2. The maximum Gasteiger partial charge on any atom is 0.420 e. The molecule has 4 rings (SSSR count). The Morgan fingerprint density at radius 3 is 2.67 bits per heavy atom. The maximum atomic E-state index is 14.2. The van der Waals surface area contributed by atoms with Crippen molar-refractivity contribution in [2.45, 2.75) is 25.6 Å². The van der Waals surface area contributed by atoms with E-state index in [1.807, 2.05) is 11.0 Å². The van der Waals surface area contributed by atoms with Gasteiger partial charge in [-0.05, 0) is 24.3 Å². The maximum absolute atomic E-state index is 14.2. The summed E-state index contributed by atoms with van der Waals surface area (Å²) in [7, 11) is 1.61. The predicted octanol–water partition coefficient (Wildman–Crippen LogP) is 4.26. The Hall–Kier alpha value is -3.61. The van der Waals surface area contributed by atoms with Crippen molar-refractivity contribution in [2.24, 2.45) is 13.0 Å². The number of para-hydroxylation sites is 1. The van der Waals surface area contributed by atoms with Gasteiger partial charge in [-0.25, -0.2) is 9.37 Å². The van der Waals surface area contributed by atoms with Gasteiger partial charge in [-0.1, -0.05) is 13.0 Å². The highest BCUT2D eigenvalue weighted by atomic mass is 19.4. The molecule has 0 saturated carbocycles. The molecule has 0 aliphatic carbocycles. The topological polar surface area (TPSA) is 71.2 Å². The summed E-state index contributed by atoms with van der Waals surface area (Å²) in [6, 6.07) is 9.34. The lowest BCUT2D eigenvalue weighted by molar-refractivity contribution is -0.139. The molecular weight excluding hydrogens is 440 g/mol. The molecule has 3 heterocycles. The summed E-state index contributed by atoms with van der Waals surface area (Å²) in [6.07, 6.45) is -5.09. The average molecular weight is 460 g/mol. The number of nitrogens with zero attached hydrogens (tertiary/aromatic N) is 4. The zero-order valence-corrected chi connectivity index (χ0v) is 17.9. The molecule has 0 bridgehead atoms. The van der Waals surface area contributed by atoms with Gasteiger partial charge in [0.15, 0.2) is 11.6 Å². The summed E-state index contributed by atoms with van der Waals surface area (Å²) in [5, 5.41) is 9.22. The second kappa shape index (κ2) is 8.39. The Labute approximate surface area is 186 Å².